The topological polar surface area (TPSA) is 74.9 Å². The number of fused-ring (bicyclic) bond motifs is 1. The standard InChI is InChI=1S/C11H14ClN3O3S/c1-8(16)7-14(2)19(17,18)11-10(12)13-9-5-3-4-6-15(9)11/h3-6,8,16H,7H2,1-2H3. The van der Waals surface area contributed by atoms with Gasteiger partial charge in [-0.2, -0.15) is 4.31 Å². The van der Waals surface area contributed by atoms with Crippen LogP contribution >= 0.6 is 11.6 Å². The van der Waals surface area contributed by atoms with Crippen molar-refractivity contribution in [2.75, 3.05) is 13.6 Å². The normalized spacial score (nSPS) is 14.2. The minimum Gasteiger partial charge on any atom is -0.392 e. The van der Waals surface area contributed by atoms with Gasteiger partial charge < -0.3 is 5.11 Å². The molecule has 0 aliphatic carbocycles. The molecule has 2 aromatic rings. The summed E-state index contributed by atoms with van der Waals surface area (Å²) in [6.07, 6.45) is 0.815. The zero-order chi connectivity index (χ0) is 14.2. The van der Waals surface area contributed by atoms with Gasteiger partial charge in [-0.3, -0.25) is 4.40 Å². The van der Waals surface area contributed by atoms with Crippen LogP contribution in [0.15, 0.2) is 29.4 Å². The molecular formula is C11H14ClN3O3S. The first-order chi connectivity index (χ1) is 8.84. The molecule has 0 radical (unpaired) electrons. The number of imidazole rings is 1. The zero-order valence-corrected chi connectivity index (χ0v) is 12.1. The lowest BCUT2D eigenvalue weighted by Crippen LogP contribution is -2.33. The fourth-order valence-electron chi connectivity index (χ4n) is 1.79. The maximum absolute atomic E-state index is 12.4. The summed E-state index contributed by atoms with van der Waals surface area (Å²) < 4.78 is 27.3. The summed E-state index contributed by atoms with van der Waals surface area (Å²) >= 11 is 5.93. The predicted molar refractivity (Wildman–Crippen MR) is 71.7 cm³/mol. The van der Waals surface area contributed by atoms with E-state index in [0.717, 1.165) is 4.31 Å². The van der Waals surface area contributed by atoms with E-state index in [2.05, 4.69) is 4.98 Å². The molecule has 0 aliphatic heterocycles. The SMILES string of the molecule is CC(O)CN(C)S(=O)(=O)c1c(Cl)nc2ccccn12. The fraction of sp³-hybridized carbons (Fsp3) is 0.364. The Morgan fingerprint density at radius 3 is 2.84 bits per heavy atom. The molecule has 0 aromatic carbocycles. The molecule has 0 spiro atoms. The lowest BCUT2D eigenvalue weighted by Gasteiger charge is -2.18. The van der Waals surface area contributed by atoms with Crippen LogP contribution in [0.4, 0.5) is 0 Å². The van der Waals surface area contributed by atoms with E-state index in [0.29, 0.717) is 5.65 Å². The summed E-state index contributed by atoms with van der Waals surface area (Å²) in [5, 5.41) is 9.13. The molecule has 19 heavy (non-hydrogen) atoms. The van der Waals surface area contributed by atoms with Crippen molar-refractivity contribution in [1.29, 1.82) is 0 Å². The molecule has 1 N–H and O–H groups in total. The molecule has 0 saturated heterocycles. The molecule has 6 nitrogen and oxygen atoms in total. The molecule has 8 heteroatoms. The van der Waals surface area contributed by atoms with Crippen LogP contribution in [0.5, 0.6) is 0 Å². The van der Waals surface area contributed by atoms with Gasteiger partial charge in [-0.1, -0.05) is 17.7 Å². The van der Waals surface area contributed by atoms with Crippen LogP contribution in [0.2, 0.25) is 5.15 Å². The number of likely N-dealkylation sites (N-methyl/N-ethyl adjacent to an activating group) is 1. The van der Waals surface area contributed by atoms with Crippen LogP contribution in [0, 0.1) is 0 Å². The second kappa shape index (κ2) is 5.09. The molecule has 0 bridgehead atoms. The van der Waals surface area contributed by atoms with Crippen molar-refractivity contribution >= 4 is 27.3 Å². The van der Waals surface area contributed by atoms with Crippen molar-refractivity contribution in [3.63, 3.8) is 0 Å². The quantitative estimate of drug-likeness (QED) is 0.914. The summed E-state index contributed by atoms with van der Waals surface area (Å²) in [5.74, 6) is 0. The van der Waals surface area contributed by atoms with E-state index in [1.807, 2.05) is 0 Å². The van der Waals surface area contributed by atoms with E-state index in [-0.39, 0.29) is 16.7 Å². The number of rotatable bonds is 4. The molecule has 0 amide bonds. The number of halogens is 1. The molecule has 2 rings (SSSR count). The number of aliphatic hydroxyl groups excluding tert-OH is 1. The highest BCUT2D eigenvalue weighted by molar-refractivity contribution is 7.89. The highest BCUT2D eigenvalue weighted by atomic mass is 35.5. The highest BCUT2D eigenvalue weighted by Gasteiger charge is 2.29. The Bertz CT molecular complexity index is 696. The third-order valence-corrected chi connectivity index (χ3v) is 4.85. The Morgan fingerprint density at radius 2 is 2.21 bits per heavy atom. The summed E-state index contributed by atoms with van der Waals surface area (Å²) in [6.45, 7) is 1.50. The maximum Gasteiger partial charge on any atom is 0.262 e. The van der Waals surface area contributed by atoms with Gasteiger partial charge in [-0.25, -0.2) is 13.4 Å². The highest BCUT2D eigenvalue weighted by Crippen LogP contribution is 2.25. The first kappa shape index (κ1) is 14.3. The van der Waals surface area contributed by atoms with Crippen molar-refractivity contribution in [3.05, 3.63) is 29.5 Å². The van der Waals surface area contributed by atoms with Gasteiger partial charge in [-0.05, 0) is 19.1 Å². The van der Waals surface area contributed by atoms with Crippen molar-refractivity contribution < 1.29 is 13.5 Å². The van der Waals surface area contributed by atoms with E-state index in [1.165, 1.54) is 18.4 Å². The van der Waals surface area contributed by atoms with Gasteiger partial charge in [0.1, 0.15) is 5.65 Å². The van der Waals surface area contributed by atoms with Crippen molar-refractivity contribution in [1.82, 2.24) is 13.7 Å². The van der Waals surface area contributed by atoms with Crippen LogP contribution in [0.25, 0.3) is 5.65 Å². The number of nitrogens with zero attached hydrogens (tertiary/aromatic N) is 3. The van der Waals surface area contributed by atoms with Crippen LogP contribution in [0.3, 0.4) is 0 Å². The molecule has 1 unspecified atom stereocenters. The van der Waals surface area contributed by atoms with Gasteiger partial charge in [0, 0.05) is 19.8 Å². The average Bonchev–Trinajstić information content (AvgIpc) is 2.64. The van der Waals surface area contributed by atoms with Gasteiger partial charge in [0.05, 0.1) is 6.10 Å². The number of hydrogen-bond donors (Lipinski definition) is 1. The Balaban J connectivity index is 2.57. The molecule has 2 aromatic heterocycles. The number of pyridine rings is 1. The smallest absolute Gasteiger partial charge is 0.262 e. The van der Waals surface area contributed by atoms with Crippen LogP contribution in [-0.2, 0) is 10.0 Å². The number of sulfonamides is 1. The molecule has 1 atom stereocenters. The minimum atomic E-state index is -3.81. The van der Waals surface area contributed by atoms with E-state index >= 15 is 0 Å². The zero-order valence-electron chi connectivity index (χ0n) is 10.5. The first-order valence-corrected chi connectivity index (χ1v) is 7.43. The Kier molecular flexibility index (Phi) is 3.82. The van der Waals surface area contributed by atoms with Crippen LogP contribution in [0.1, 0.15) is 6.92 Å². The van der Waals surface area contributed by atoms with Gasteiger partial charge in [-0.15, -0.1) is 0 Å². The largest absolute Gasteiger partial charge is 0.392 e. The van der Waals surface area contributed by atoms with Gasteiger partial charge >= 0.3 is 0 Å². The summed E-state index contributed by atoms with van der Waals surface area (Å²) in [7, 11) is -2.42. The third-order valence-electron chi connectivity index (χ3n) is 2.62. The number of aromatic nitrogens is 2. The van der Waals surface area contributed by atoms with E-state index in [9.17, 15) is 13.5 Å². The molecule has 2 heterocycles. The fourth-order valence-corrected chi connectivity index (χ4v) is 3.63. The Hall–Kier alpha value is -1.15. The minimum absolute atomic E-state index is 0.0151. The predicted octanol–water partition coefficient (Wildman–Crippen LogP) is 0.989. The molecule has 0 saturated carbocycles. The Morgan fingerprint density at radius 1 is 1.53 bits per heavy atom. The summed E-state index contributed by atoms with van der Waals surface area (Å²) in [6, 6.07) is 5.10. The van der Waals surface area contributed by atoms with E-state index < -0.39 is 16.1 Å². The van der Waals surface area contributed by atoms with Gasteiger partial charge in [0.15, 0.2) is 10.2 Å². The van der Waals surface area contributed by atoms with Crippen molar-refractivity contribution in [3.8, 4) is 0 Å². The summed E-state index contributed by atoms with van der Waals surface area (Å²) in [4.78, 5) is 4.00. The molecule has 0 aliphatic rings. The van der Waals surface area contributed by atoms with Gasteiger partial charge in [0.2, 0.25) is 0 Å². The van der Waals surface area contributed by atoms with Crippen molar-refractivity contribution in [2.24, 2.45) is 0 Å². The van der Waals surface area contributed by atoms with Crippen molar-refractivity contribution in [2.45, 2.75) is 18.1 Å². The average molecular weight is 304 g/mol. The Labute approximate surface area is 116 Å². The van der Waals surface area contributed by atoms with E-state index in [1.54, 1.807) is 24.4 Å². The lowest BCUT2D eigenvalue weighted by atomic mass is 10.4. The third kappa shape index (κ3) is 2.59. The monoisotopic (exact) mass is 303 g/mol. The molecule has 104 valence electrons. The summed E-state index contributed by atoms with van der Waals surface area (Å²) in [5.41, 5.74) is 0.455. The van der Waals surface area contributed by atoms with Gasteiger partial charge in [0.25, 0.3) is 10.0 Å². The second-order valence-corrected chi connectivity index (χ2v) is 6.59. The van der Waals surface area contributed by atoms with E-state index in [4.69, 9.17) is 11.6 Å². The lowest BCUT2D eigenvalue weighted by molar-refractivity contribution is 0.171. The molecular weight excluding hydrogens is 290 g/mol. The second-order valence-electron chi connectivity index (χ2n) is 4.27. The molecule has 0 fully saturated rings. The number of hydrogen-bond acceptors (Lipinski definition) is 4. The first-order valence-electron chi connectivity index (χ1n) is 5.61. The van der Waals surface area contributed by atoms with Crippen LogP contribution in [-0.4, -0.2) is 46.9 Å². The number of aliphatic hydroxyl groups is 1. The van der Waals surface area contributed by atoms with Crippen LogP contribution < -0.4 is 0 Å². The maximum atomic E-state index is 12.4.